The molecule has 52 valence electrons. The monoisotopic (exact) mass is 154 g/mol. The molecule has 0 radical (unpaired) electrons. The van der Waals surface area contributed by atoms with Crippen molar-refractivity contribution in [1.29, 1.82) is 0 Å². The topological polar surface area (TPSA) is 28.7 Å². The van der Waals surface area contributed by atoms with E-state index >= 15 is 0 Å². The third kappa shape index (κ3) is 0.977. The van der Waals surface area contributed by atoms with Crippen LogP contribution in [0.2, 0.25) is 0 Å². The summed E-state index contributed by atoms with van der Waals surface area (Å²) in [4.78, 5) is 7.09. The highest BCUT2D eigenvalue weighted by Crippen LogP contribution is 2.06. The van der Waals surface area contributed by atoms with E-state index in [2.05, 4.69) is 9.97 Å². The van der Waals surface area contributed by atoms with Crippen molar-refractivity contribution in [2.75, 3.05) is 0 Å². The van der Waals surface area contributed by atoms with Crippen LogP contribution >= 0.6 is 12.4 Å². The van der Waals surface area contributed by atoms with E-state index in [9.17, 15) is 0 Å². The summed E-state index contributed by atoms with van der Waals surface area (Å²) in [7, 11) is 0. The van der Waals surface area contributed by atoms with E-state index in [1.165, 1.54) is 0 Å². The van der Waals surface area contributed by atoms with Crippen molar-refractivity contribution in [3.63, 3.8) is 0 Å². The normalized spacial score (nSPS) is 9.20. The zero-order valence-electron chi connectivity index (χ0n) is 5.24. The van der Waals surface area contributed by atoms with Crippen molar-refractivity contribution in [3.05, 3.63) is 30.7 Å². The summed E-state index contributed by atoms with van der Waals surface area (Å²) in [6.45, 7) is 0. The number of aromatic nitrogens is 2. The zero-order valence-corrected chi connectivity index (χ0v) is 6.06. The minimum atomic E-state index is 0. The van der Waals surface area contributed by atoms with Crippen LogP contribution in [0.15, 0.2) is 30.7 Å². The Labute approximate surface area is 64.7 Å². The molecule has 0 aromatic carbocycles. The summed E-state index contributed by atoms with van der Waals surface area (Å²) in [5, 5.41) is 1.16. The third-order valence-corrected chi connectivity index (χ3v) is 1.33. The summed E-state index contributed by atoms with van der Waals surface area (Å²) in [5.74, 6) is 0. The molecule has 0 fully saturated rings. The molecular weight excluding hydrogens is 148 g/mol. The number of nitrogens with zero attached hydrogens (tertiary/aromatic N) is 1. The van der Waals surface area contributed by atoms with Crippen LogP contribution < -0.4 is 0 Å². The predicted octanol–water partition coefficient (Wildman–Crippen LogP) is 1.98. The molecule has 0 aliphatic rings. The Bertz CT molecular complexity index is 286. The van der Waals surface area contributed by atoms with Crippen LogP contribution in [-0.4, -0.2) is 9.97 Å². The second-order valence-corrected chi connectivity index (χ2v) is 1.93. The lowest BCUT2D eigenvalue weighted by molar-refractivity contribution is 1.39. The zero-order chi connectivity index (χ0) is 6.10. The van der Waals surface area contributed by atoms with Gasteiger partial charge < -0.3 is 4.98 Å². The van der Waals surface area contributed by atoms with Crippen LogP contribution in [0.5, 0.6) is 0 Å². The highest BCUT2D eigenvalue weighted by Gasteiger charge is 1.88. The van der Waals surface area contributed by atoms with Crippen LogP contribution in [0.3, 0.4) is 0 Å². The van der Waals surface area contributed by atoms with Gasteiger partial charge in [0.2, 0.25) is 0 Å². The van der Waals surface area contributed by atoms with Crippen LogP contribution in [0.4, 0.5) is 0 Å². The molecule has 0 unspecified atom stereocenters. The molecule has 0 saturated carbocycles. The van der Waals surface area contributed by atoms with Crippen molar-refractivity contribution in [2.45, 2.75) is 0 Å². The van der Waals surface area contributed by atoms with Crippen molar-refractivity contribution < 1.29 is 0 Å². The number of rotatable bonds is 0. The van der Waals surface area contributed by atoms with Gasteiger partial charge in [0.1, 0.15) is 0 Å². The summed E-state index contributed by atoms with van der Waals surface area (Å²) >= 11 is 0. The fourth-order valence-corrected chi connectivity index (χ4v) is 0.883. The summed E-state index contributed by atoms with van der Waals surface area (Å²) in [5.41, 5.74) is 1.03. The summed E-state index contributed by atoms with van der Waals surface area (Å²) < 4.78 is 0. The number of aromatic amines is 1. The van der Waals surface area contributed by atoms with Crippen LogP contribution in [0.25, 0.3) is 10.9 Å². The molecule has 2 heterocycles. The number of halogens is 1. The lowest BCUT2D eigenvalue weighted by Gasteiger charge is -1.81. The van der Waals surface area contributed by atoms with Gasteiger partial charge >= 0.3 is 0 Å². The van der Waals surface area contributed by atoms with Gasteiger partial charge in [0.05, 0.1) is 5.52 Å². The van der Waals surface area contributed by atoms with E-state index in [0.29, 0.717) is 0 Å². The SMILES string of the molecule is Cl.c1cnc2c[nH]cc2c1. The Morgan fingerprint density at radius 2 is 2.20 bits per heavy atom. The fourth-order valence-electron chi connectivity index (χ4n) is 0.883. The number of hydrogen-bond acceptors (Lipinski definition) is 1. The molecule has 2 aromatic rings. The Kier molecular flexibility index (Phi) is 1.92. The Morgan fingerprint density at radius 1 is 1.30 bits per heavy atom. The number of hydrogen-bond donors (Lipinski definition) is 1. The molecule has 0 atom stereocenters. The second-order valence-electron chi connectivity index (χ2n) is 1.93. The lowest BCUT2D eigenvalue weighted by atomic mass is 10.3. The third-order valence-electron chi connectivity index (χ3n) is 1.33. The molecule has 2 rings (SSSR count). The Morgan fingerprint density at radius 3 is 3.00 bits per heavy atom. The van der Waals surface area contributed by atoms with Crippen molar-refractivity contribution >= 4 is 23.3 Å². The first kappa shape index (κ1) is 7.09. The summed E-state index contributed by atoms with van der Waals surface area (Å²) in [6, 6.07) is 3.95. The maximum Gasteiger partial charge on any atom is 0.0876 e. The lowest BCUT2D eigenvalue weighted by Crippen LogP contribution is -1.66. The van der Waals surface area contributed by atoms with E-state index in [0.717, 1.165) is 10.9 Å². The van der Waals surface area contributed by atoms with E-state index in [4.69, 9.17) is 0 Å². The van der Waals surface area contributed by atoms with Gasteiger partial charge in [-0.3, -0.25) is 4.98 Å². The first-order chi connectivity index (χ1) is 4.47. The van der Waals surface area contributed by atoms with Crippen molar-refractivity contribution in [3.8, 4) is 0 Å². The molecule has 1 N–H and O–H groups in total. The standard InChI is InChI=1S/C7H6N2.ClH/c1-2-6-4-8-5-7(6)9-3-1;/h1-5,8H;1H. The van der Waals surface area contributed by atoms with Gasteiger partial charge in [0.25, 0.3) is 0 Å². The van der Waals surface area contributed by atoms with Gasteiger partial charge in [-0.15, -0.1) is 12.4 Å². The molecule has 0 amide bonds. The van der Waals surface area contributed by atoms with E-state index in [1.807, 2.05) is 24.5 Å². The average molecular weight is 155 g/mol. The highest BCUT2D eigenvalue weighted by molar-refractivity contribution is 5.85. The van der Waals surface area contributed by atoms with Crippen LogP contribution in [0.1, 0.15) is 0 Å². The maximum absolute atomic E-state index is 4.11. The van der Waals surface area contributed by atoms with Gasteiger partial charge in [-0.25, -0.2) is 0 Å². The van der Waals surface area contributed by atoms with Crippen molar-refractivity contribution in [2.24, 2.45) is 0 Å². The molecule has 0 saturated heterocycles. The van der Waals surface area contributed by atoms with Crippen LogP contribution in [-0.2, 0) is 0 Å². The Balaban J connectivity index is 0.000000500. The minimum Gasteiger partial charge on any atom is -0.365 e. The van der Waals surface area contributed by atoms with Crippen molar-refractivity contribution in [1.82, 2.24) is 9.97 Å². The highest BCUT2D eigenvalue weighted by atomic mass is 35.5. The molecule has 10 heavy (non-hydrogen) atoms. The van der Waals surface area contributed by atoms with Crippen LogP contribution in [0, 0.1) is 0 Å². The molecule has 0 aliphatic carbocycles. The number of pyridine rings is 1. The number of nitrogens with one attached hydrogen (secondary N) is 1. The predicted molar refractivity (Wildman–Crippen MR) is 43.3 cm³/mol. The Hall–Kier alpha value is -1.02. The molecule has 0 spiro atoms. The van der Waals surface area contributed by atoms with Gasteiger partial charge in [0.15, 0.2) is 0 Å². The molecule has 0 bridgehead atoms. The second kappa shape index (κ2) is 2.71. The van der Waals surface area contributed by atoms with E-state index in [1.54, 1.807) is 6.20 Å². The summed E-state index contributed by atoms with van der Waals surface area (Å²) in [6.07, 6.45) is 5.60. The minimum absolute atomic E-state index is 0. The first-order valence-corrected chi connectivity index (χ1v) is 2.84. The molecule has 3 heteroatoms. The molecular formula is C7H7ClN2. The number of H-pyrrole nitrogens is 1. The maximum atomic E-state index is 4.11. The van der Waals surface area contributed by atoms with Gasteiger partial charge in [0, 0.05) is 24.0 Å². The van der Waals surface area contributed by atoms with Gasteiger partial charge in [-0.2, -0.15) is 0 Å². The molecule has 0 aliphatic heterocycles. The van der Waals surface area contributed by atoms with E-state index < -0.39 is 0 Å². The molecule has 2 nitrogen and oxygen atoms in total. The smallest absolute Gasteiger partial charge is 0.0876 e. The molecule has 2 aromatic heterocycles. The average Bonchev–Trinajstić information content (AvgIpc) is 2.33. The first-order valence-electron chi connectivity index (χ1n) is 2.84. The quantitative estimate of drug-likeness (QED) is 0.618. The van der Waals surface area contributed by atoms with Gasteiger partial charge in [-0.1, -0.05) is 0 Å². The fraction of sp³-hybridized carbons (Fsp3) is 0. The largest absolute Gasteiger partial charge is 0.365 e. The van der Waals surface area contributed by atoms with Gasteiger partial charge in [-0.05, 0) is 12.1 Å². The number of fused-ring (bicyclic) bond motifs is 1. The van der Waals surface area contributed by atoms with E-state index in [-0.39, 0.29) is 12.4 Å².